The van der Waals surface area contributed by atoms with E-state index in [2.05, 4.69) is 4.74 Å². The predicted molar refractivity (Wildman–Crippen MR) is 103 cm³/mol. The molecule has 0 aliphatic rings. The number of nitrogens with zero attached hydrogens (tertiary/aromatic N) is 1. The van der Waals surface area contributed by atoms with E-state index in [0.29, 0.717) is 17.9 Å². The van der Waals surface area contributed by atoms with E-state index in [9.17, 15) is 9.59 Å². The van der Waals surface area contributed by atoms with Crippen molar-refractivity contribution in [2.24, 2.45) is 0 Å². The summed E-state index contributed by atoms with van der Waals surface area (Å²) in [4.78, 5) is 23.6. The summed E-state index contributed by atoms with van der Waals surface area (Å²) in [5.41, 5.74) is 13.0. The molecular weight excluding hydrogens is 362 g/mol. The van der Waals surface area contributed by atoms with Gasteiger partial charge < -0.3 is 25.7 Å². The van der Waals surface area contributed by atoms with Gasteiger partial charge in [-0.25, -0.2) is 9.59 Å². The van der Waals surface area contributed by atoms with Gasteiger partial charge in [0.2, 0.25) is 0 Å². The number of anilines is 2. The molecule has 0 bridgehead atoms. The number of nitrogen functional groups attached to an aromatic ring is 2. The molecule has 0 aliphatic carbocycles. The first-order valence-electron chi connectivity index (χ1n) is 8.32. The van der Waals surface area contributed by atoms with Gasteiger partial charge in [0, 0.05) is 23.9 Å². The molecule has 0 unspecified atom stereocenters. The first kappa shape index (κ1) is 20.3. The summed E-state index contributed by atoms with van der Waals surface area (Å²) in [7, 11) is 0. The number of benzene rings is 2. The van der Waals surface area contributed by atoms with Gasteiger partial charge in [-0.1, -0.05) is 12.1 Å². The van der Waals surface area contributed by atoms with Crippen LogP contribution in [0.2, 0.25) is 0 Å². The van der Waals surface area contributed by atoms with Crippen LogP contribution in [0, 0.1) is 11.5 Å². The Labute approximate surface area is 161 Å². The molecule has 0 saturated carbocycles. The van der Waals surface area contributed by atoms with Crippen molar-refractivity contribution in [3.8, 4) is 12.0 Å². The summed E-state index contributed by atoms with van der Waals surface area (Å²) in [5, 5.41) is 8.41. The van der Waals surface area contributed by atoms with E-state index in [1.54, 1.807) is 42.7 Å². The van der Waals surface area contributed by atoms with Crippen molar-refractivity contribution in [2.75, 3.05) is 24.7 Å². The molecule has 0 spiro atoms. The van der Waals surface area contributed by atoms with Gasteiger partial charge in [-0.2, -0.15) is 0 Å². The maximum atomic E-state index is 11.9. The molecule has 2 aromatic carbocycles. The minimum atomic E-state index is -0.562. The van der Waals surface area contributed by atoms with Crippen molar-refractivity contribution < 1.29 is 23.8 Å². The van der Waals surface area contributed by atoms with Gasteiger partial charge in [0.1, 0.15) is 5.75 Å². The quantitative estimate of drug-likeness (QED) is 0.234. The zero-order valence-corrected chi connectivity index (χ0v) is 15.0. The standard InChI is InChI=1S/C20H19N3O5/c21-13-28-16-6-2-14(3-7-16)4-9-19(24)26-10-1-11-27-20(25)17-8-5-15(22)12-18(17)23/h2-9,12H,1,10-11,22-23H2/b9-4+. The molecule has 4 N–H and O–H groups in total. The molecule has 2 aromatic rings. The average molecular weight is 381 g/mol. The highest BCUT2D eigenvalue weighted by molar-refractivity contribution is 5.95. The Balaban J connectivity index is 1.68. The molecule has 2 rings (SSSR count). The van der Waals surface area contributed by atoms with Crippen LogP contribution in [-0.2, 0) is 14.3 Å². The fourth-order valence-corrected chi connectivity index (χ4v) is 2.15. The minimum absolute atomic E-state index is 0.0833. The number of hydrogen-bond donors (Lipinski definition) is 2. The molecule has 0 atom stereocenters. The van der Waals surface area contributed by atoms with Crippen LogP contribution in [0.25, 0.3) is 6.08 Å². The number of esters is 2. The fourth-order valence-electron chi connectivity index (χ4n) is 2.15. The number of carbonyl (C=O) groups excluding carboxylic acids is 2. The van der Waals surface area contributed by atoms with Crippen molar-refractivity contribution in [1.29, 1.82) is 5.26 Å². The lowest BCUT2D eigenvalue weighted by Crippen LogP contribution is -2.11. The van der Waals surface area contributed by atoms with Crippen LogP contribution >= 0.6 is 0 Å². The van der Waals surface area contributed by atoms with Crippen LogP contribution in [0.4, 0.5) is 11.4 Å². The van der Waals surface area contributed by atoms with Crippen molar-refractivity contribution in [1.82, 2.24) is 0 Å². The molecule has 8 heteroatoms. The van der Waals surface area contributed by atoms with Crippen molar-refractivity contribution in [2.45, 2.75) is 6.42 Å². The predicted octanol–water partition coefficient (Wildman–Crippen LogP) is 2.51. The number of carbonyl (C=O) groups is 2. The van der Waals surface area contributed by atoms with E-state index in [-0.39, 0.29) is 24.5 Å². The summed E-state index contributed by atoms with van der Waals surface area (Å²) in [5.74, 6) is -0.670. The summed E-state index contributed by atoms with van der Waals surface area (Å²) in [6.45, 7) is 0.183. The Morgan fingerprint density at radius 2 is 1.75 bits per heavy atom. The van der Waals surface area contributed by atoms with E-state index >= 15 is 0 Å². The molecule has 0 aliphatic heterocycles. The van der Waals surface area contributed by atoms with Crippen molar-refractivity contribution >= 4 is 29.4 Å². The second kappa shape index (κ2) is 10.2. The van der Waals surface area contributed by atoms with E-state index in [0.717, 1.165) is 5.56 Å². The van der Waals surface area contributed by atoms with Crippen molar-refractivity contribution in [3.63, 3.8) is 0 Å². The van der Waals surface area contributed by atoms with Gasteiger partial charge in [-0.3, -0.25) is 0 Å². The van der Waals surface area contributed by atoms with Crippen LogP contribution in [0.3, 0.4) is 0 Å². The summed E-state index contributed by atoms with van der Waals surface area (Å²) < 4.78 is 14.8. The van der Waals surface area contributed by atoms with Crippen LogP contribution < -0.4 is 16.2 Å². The molecule has 0 fully saturated rings. The summed E-state index contributed by atoms with van der Waals surface area (Å²) in [6, 6.07) is 11.1. The Morgan fingerprint density at radius 3 is 2.43 bits per heavy atom. The first-order valence-corrected chi connectivity index (χ1v) is 8.32. The highest BCUT2D eigenvalue weighted by Crippen LogP contribution is 2.16. The Bertz CT molecular complexity index is 901. The first-order chi connectivity index (χ1) is 13.5. The number of ether oxygens (including phenoxy) is 3. The van der Waals surface area contributed by atoms with Crippen molar-refractivity contribution in [3.05, 3.63) is 59.7 Å². The van der Waals surface area contributed by atoms with Crippen LogP contribution in [0.5, 0.6) is 5.75 Å². The van der Waals surface area contributed by atoms with Gasteiger partial charge >= 0.3 is 11.9 Å². The fraction of sp³-hybridized carbons (Fsp3) is 0.150. The van der Waals surface area contributed by atoms with E-state index in [4.69, 9.17) is 26.2 Å². The normalized spacial score (nSPS) is 10.2. The maximum absolute atomic E-state index is 11.9. The van der Waals surface area contributed by atoms with E-state index in [1.165, 1.54) is 18.2 Å². The lowest BCUT2D eigenvalue weighted by atomic mass is 10.1. The Morgan fingerprint density at radius 1 is 1.04 bits per heavy atom. The lowest BCUT2D eigenvalue weighted by Gasteiger charge is -2.07. The highest BCUT2D eigenvalue weighted by atomic mass is 16.5. The molecule has 0 heterocycles. The number of nitriles is 1. The third-order valence-corrected chi connectivity index (χ3v) is 3.52. The third-order valence-electron chi connectivity index (χ3n) is 3.52. The molecule has 0 saturated heterocycles. The molecule has 8 nitrogen and oxygen atoms in total. The summed E-state index contributed by atoms with van der Waals surface area (Å²) >= 11 is 0. The number of rotatable bonds is 8. The van der Waals surface area contributed by atoms with Crippen LogP contribution in [-0.4, -0.2) is 25.2 Å². The largest absolute Gasteiger partial charge is 0.462 e. The Hall–Kier alpha value is -3.99. The van der Waals surface area contributed by atoms with Gasteiger partial charge in [-0.15, -0.1) is 5.26 Å². The molecule has 144 valence electrons. The second-order valence-electron chi connectivity index (χ2n) is 5.60. The molecule has 0 aromatic heterocycles. The third kappa shape index (κ3) is 6.38. The van der Waals surface area contributed by atoms with Crippen LogP contribution in [0.15, 0.2) is 48.5 Å². The minimum Gasteiger partial charge on any atom is -0.462 e. The van der Waals surface area contributed by atoms with Crippen LogP contribution in [0.1, 0.15) is 22.3 Å². The molecular formula is C20H19N3O5. The zero-order chi connectivity index (χ0) is 20.4. The molecule has 0 radical (unpaired) electrons. The average Bonchev–Trinajstić information content (AvgIpc) is 2.67. The number of nitrogens with two attached hydrogens (primary N) is 2. The van der Waals surface area contributed by atoms with Gasteiger partial charge in [0.05, 0.1) is 18.8 Å². The second-order valence-corrected chi connectivity index (χ2v) is 5.60. The lowest BCUT2D eigenvalue weighted by molar-refractivity contribution is -0.137. The van der Waals surface area contributed by atoms with Gasteiger partial charge in [0.25, 0.3) is 6.26 Å². The summed E-state index contributed by atoms with van der Waals surface area (Å²) in [6.07, 6.45) is 4.77. The SMILES string of the molecule is N#COc1ccc(/C=C/C(=O)OCCCOC(=O)c2ccc(N)cc2N)cc1. The van der Waals surface area contributed by atoms with Gasteiger partial charge in [-0.05, 0) is 42.0 Å². The van der Waals surface area contributed by atoms with E-state index in [1.807, 2.05) is 0 Å². The molecule has 0 amide bonds. The number of hydrogen-bond acceptors (Lipinski definition) is 8. The highest BCUT2D eigenvalue weighted by Gasteiger charge is 2.11. The zero-order valence-electron chi connectivity index (χ0n) is 15.0. The topological polar surface area (TPSA) is 138 Å². The maximum Gasteiger partial charge on any atom is 0.340 e. The van der Waals surface area contributed by atoms with Gasteiger partial charge in [0.15, 0.2) is 0 Å². The monoisotopic (exact) mass is 381 g/mol. The Kier molecular flexibility index (Phi) is 7.43. The smallest absolute Gasteiger partial charge is 0.340 e. The van der Waals surface area contributed by atoms with E-state index < -0.39 is 11.9 Å². The molecule has 28 heavy (non-hydrogen) atoms.